The van der Waals surface area contributed by atoms with Crippen LogP contribution >= 0.6 is 0 Å². The molecule has 0 aliphatic carbocycles. The lowest BCUT2D eigenvalue weighted by molar-refractivity contribution is -0.158. The van der Waals surface area contributed by atoms with E-state index in [1.165, 1.54) is 19.1 Å². The molecule has 1 aliphatic rings. The fraction of sp³-hybridized carbons (Fsp3) is 0.190. The number of nitrogens with two attached hydrogens (primary N) is 1. The molecule has 9 nitrogen and oxygen atoms in total. The van der Waals surface area contributed by atoms with Crippen molar-refractivity contribution in [3.05, 3.63) is 71.3 Å². The van der Waals surface area contributed by atoms with E-state index in [9.17, 15) is 24.0 Å². The Morgan fingerprint density at radius 1 is 0.967 bits per heavy atom. The van der Waals surface area contributed by atoms with Crippen molar-refractivity contribution in [2.24, 2.45) is 5.73 Å². The number of amides is 5. The predicted molar refractivity (Wildman–Crippen MR) is 104 cm³/mol. The van der Waals surface area contributed by atoms with Crippen LogP contribution in [0, 0.1) is 0 Å². The van der Waals surface area contributed by atoms with Gasteiger partial charge < -0.3 is 10.5 Å². The highest BCUT2D eigenvalue weighted by Gasteiger charge is 2.44. The minimum Gasteiger partial charge on any atom is -0.451 e. The molecule has 3 N–H and O–H groups in total. The first kappa shape index (κ1) is 20.7. The van der Waals surface area contributed by atoms with Crippen molar-refractivity contribution < 1.29 is 28.7 Å². The summed E-state index contributed by atoms with van der Waals surface area (Å²) in [6.07, 6.45) is -1.37. The van der Waals surface area contributed by atoms with Crippen LogP contribution < -0.4 is 11.1 Å². The van der Waals surface area contributed by atoms with Gasteiger partial charge in [0.15, 0.2) is 6.10 Å². The Balaban J connectivity index is 1.89. The standard InChI is InChI=1S/C21H19N3O6/c1-12(17(25)23-21(22)29)30-20(28)16(11-13-7-3-2-4-8-13)24-18(26)14-9-5-6-10-15(14)19(24)27/h2-10,12,16H,11H2,1H3,(H3,22,23,25,29)/t12-,16+/m1/s1. The number of esters is 1. The summed E-state index contributed by atoms with van der Waals surface area (Å²) >= 11 is 0. The van der Waals surface area contributed by atoms with Crippen LogP contribution in [0.3, 0.4) is 0 Å². The number of hydrogen-bond donors (Lipinski definition) is 2. The third kappa shape index (κ3) is 4.19. The monoisotopic (exact) mass is 409 g/mol. The summed E-state index contributed by atoms with van der Waals surface area (Å²) in [6, 6.07) is 12.6. The fourth-order valence-electron chi connectivity index (χ4n) is 3.14. The summed E-state index contributed by atoms with van der Waals surface area (Å²) in [7, 11) is 0. The summed E-state index contributed by atoms with van der Waals surface area (Å²) < 4.78 is 5.15. The molecule has 5 amide bonds. The molecule has 0 unspecified atom stereocenters. The Bertz CT molecular complexity index is 985. The Morgan fingerprint density at radius 3 is 2.03 bits per heavy atom. The number of fused-ring (bicyclic) bond motifs is 1. The second-order valence-electron chi connectivity index (χ2n) is 6.66. The number of benzene rings is 2. The molecule has 1 aliphatic heterocycles. The average molecular weight is 409 g/mol. The summed E-state index contributed by atoms with van der Waals surface area (Å²) in [5.74, 6) is -3.12. The molecule has 1 heterocycles. The van der Waals surface area contributed by atoms with E-state index in [0.29, 0.717) is 5.56 Å². The third-order valence-electron chi connectivity index (χ3n) is 4.59. The molecule has 2 aromatic carbocycles. The molecule has 2 atom stereocenters. The van der Waals surface area contributed by atoms with Crippen LogP contribution in [-0.4, -0.2) is 46.8 Å². The fourth-order valence-corrected chi connectivity index (χ4v) is 3.14. The quantitative estimate of drug-likeness (QED) is 0.540. The Kier molecular flexibility index (Phi) is 5.91. The van der Waals surface area contributed by atoms with Crippen LogP contribution in [0.15, 0.2) is 54.6 Å². The molecule has 2 aromatic rings. The Labute approximate surface area is 171 Å². The Hall–Kier alpha value is -4.01. The van der Waals surface area contributed by atoms with Gasteiger partial charge in [-0.25, -0.2) is 9.59 Å². The maximum Gasteiger partial charge on any atom is 0.330 e. The zero-order chi connectivity index (χ0) is 21.8. The molecule has 30 heavy (non-hydrogen) atoms. The van der Waals surface area contributed by atoms with Gasteiger partial charge in [-0.3, -0.25) is 24.6 Å². The smallest absolute Gasteiger partial charge is 0.330 e. The van der Waals surface area contributed by atoms with E-state index in [-0.39, 0.29) is 17.5 Å². The first-order valence-corrected chi connectivity index (χ1v) is 9.11. The lowest BCUT2D eigenvalue weighted by Crippen LogP contribution is -2.49. The SMILES string of the molecule is C[C@@H](OC(=O)[C@H](Cc1ccccc1)N1C(=O)c2ccccc2C1=O)C(=O)NC(N)=O. The predicted octanol–water partition coefficient (Wildman–Crippen LogP) is 1.02. The van der Waals surface area contributed by atoms with Crippen molar-refractivity contribution in [3.8, 4) is 0 Å². The van der Waals surface area contributed by atoms with Gasteiger partial charge >= 0.3 is 12.0 Å². The number of imide groups is 2. The summed E-state index contributed by atoms with van der Waals surface area (Å²) in [6.45, 7) is 1.25. The molecule has 0 fully saturated rings. The van der Waals surface area contributed by atoms with Gasteiger partial charge in [-0.15, -0.1) is 0 Å². The zero-order valence-electron chi connectivity index (χ0n) is 16.0. The highest BCUT2D eigenvalue weighted by Crippen LogP contribution is 2.26. The van der Waals surface area contributed by atoms with Gasteiger partial charge in [0.1, 0.15) is 6.04 Å². The largest absolute Gasteiger partial charge is 0.451 e. The molecule has 0 aromatic heterocycles. The van der Waals surface area contributed by atoms with Crippen molar-refractivity contribution in [2.75, 3.05) is 0 Å². The minimum atomic E-state index is -1.36. The van der Waals surface area contributed by atoms with Gasteiger partial charge in [-0.2, -0.15) is 0 Å². The van der Waals surface area contributed by atoms with Gasteiger partial charge in [0, 0.05) is 6.42 Å². The maximum absolute atomic E-state index is 12.9. The van der Waals surface area contributed by atoms with Crippen molar-refractivity contribution in [1.29, 1.82) is 0 Å². The second-order valence-corrected chi connectivity index (χ2v) is 6.66. The molecule has 0 bridgehead atoms. The number of hydrogen-bond acceptors (Lipinski definition) is 6. The van der Waals surface area contributed by atoms with Gasteiger partial charge in [0.2, 0.25) is 0 Å². The van der Waals surface area contributed by atoms with Gasteiger partial charge in [0.05, 0.1) is 11.1 Å². The Morgan fingerprint density at radius 2 is 1.50 bits per heavy atom. The molecular weight excluding hydrogens is 390 g/mol. The van der Waals surface area contributed by atoms with Crippen molar-refractivity contribution in [3.63, 3.8) is 0 Å². The van der Waals surface area contributed by atoms with Crippen LogP contribution in [0.1, 0.15) is 33.2 Å². The number of carbonyl (C=O) groups excluding carboxylic acids is 5. The molecule has 0 radical (unpaired) electrons. The molecule has 3 rings (SSSR count). The topological polar surface area (TPSA) is 136 Å². The molecule has 0 saturated heterocycles. The molecule has 0 saturated carbocycles. The van der Waals surface area contributed by atoms with E-state index >= 15 is 0 Å². The molecular formula is C21H19N3O6. The lowest BCUT2D eigenvalue weighted by Gasteiger charge is -2.26. The number of ether oxygens (including phenoxy) is 1. The summed E-state index contributed by atoms with van der Waals surface area (Å²) in [5.41, 5.74) is 5.96. The summed E-state index contributed by atoms with van der Waals surface area (Å²) in [4.78, 5) is 62.2. The number of nitrogens with zero attached hydrogens (tertiary/aromatic N) is 1. The van der Waals surface area contributed by atoms with Gasteiger partial charge in [0.25, 0.3) is 17.7 Å². The van der Waals surface area contributed by atoms with E-state index in [4.69, 9.17) is 10.5 Å². The van der Waals surface area contributed by atoms with Gasteiger partial charge in [-0.1, -0.05) is 42.5 Å². The highest BCUT2D eigenvalue weighted by molar-refractivity contribution is 6.22. The van der Waals surface area contributed by atoms with Crippen LogP contribution in [0.5, 0.6) is 0 Å². The van der Waals surface area contributed by atoms with Crippen LogP contribution in [0.4, 0.5) is 4.79 Å². The zero-order valence-corrected chi connectivity index (χ0v) is 16.0. The lowest BCUT2D eigenvalue weighted by atomic mass is 10.0. The van der Waals surface area contributed by atoms with Crippen molar-refractivity contribution in [1.82, 2.24) is 10.2 Å². The first-order chi connectivity index (χ1) is 14.3. The normalized spacial score (nSPS) is 14.6. The van der Waals surface area contributed by atoms with Crippen LogP contribution in [0.25, 0.3) is 0 Å². The van der Waals surface area contributed by atoms with E-state index in [2.05, 4.69) is 0 Å². The third-order valence-corrected chi connectivity index (χ3v) is 4.59. The maximum atomic E-state index is 12.9. The van der Waals surface area contributed by atoms with Crippen molar-refractivity contribution >= 4 is 29.7 Å². The van der Waals surface area contributed by atoms with E-state index < -0.39 is 41.9 Å². The van der Waals surface area contributed by atoms with Crippen molar-refractivity contribution in [2.45, 2.75) is 25.5 Å². The average Bonchev–Trinajstić information content (AvgIpc) is 2.97. The van der Waals surface area contributed by atoms with E-state index in [1.807, 2.05) is 5.32 Å². The summed E-state index contributed by atoms with van der Waals surface area (Å²) in [5, 5.41) is 1.81. The van der Waals surface area contributed by atoms with E-state index in [0.717, 1.165) is 4.90 Å². The number of urea groups is 1. The van der Waals surface area contributed by atoms with E-state index in [1.54, 1.807) is 42.5 Å². The number of nitrogens with one attached hydrogen (secondary N) is 1. The van der Waals surface area contributed by atoms with Crippen LogP contribution in [0.2, 0.25) is 0 Å². The minimum absolute atomic E-state index is 0.00466. The molecule has 0 spiro atoms. The first-order valence-electron chi connectivity index (χ1n) is 9.11. The highest BCUT2D eigenvalue weighted by atomic mass is 16.5. The number of rotatable bonds is 6. The molecule has 154 valence electrons. The number of carbonyl (C=O) groups is 5. The van der Waals surface area contributed by atoms with Gasteiger partial charge in [-0.05, 0) is 24.6 Å². The second kappa shape index (κ2) is 8.56. The number of primary amides is 1. The van der Waals surface area contributed by atoms with Crippen LogP contribution in [-0.2, 0) is 20.7 Å². The molecule has 9 heteroatoms.